The minimum Gasteiger partial charge on any atom is -0.483 e. The van der Waals surface area contributed by atoms with Gasteiger partial charge < -0.3 is 4.74 Å². The predicted molar refractivity (Wildman–Crippen MR) is 96.2 cm³/mol. The molecule has 0 fully saturated rings. The molecule has 0 spiro atoms. The lowest BCUT2D eigenvalue weighted by Crippen LogP contribution is -2.25. The van der Waals surface area contributed by atoms with Crippen LogP contribution >= 0.6 is 27.5 Å². The number of amides is 1. The Morgan fingerprint density at radius 3 is 2.61 bits per heavy atom. The summed E-state index contributed by atoms with van der Waals surface area (Å²) in [4.78, 5) is 11.8. The van der Waals surface area contributed by atoms with Crippen molar-refractivity contribution in [2.24, 2.45) is 5.10 Å². The second kappa shape index (κ2) is 8.13. The van der Waals surface area contributed by atoms with Gasteiger partial charge in [-0.3, -0.25) is 4.79 Å². The third-order valence-corrected chi connectivity index (χ3v) is 3.87. The summed E-state index contributed by atoms with van der Waals surface area (Å²) in [6, 6.07) is 12.9. The molecule has 0 radical (unpaired) electrons. The summed E-state index contributed by atoms with van der Waals surface area (Å²) in [5.41, 5.74) is 5.01. The number of rotatable bonds is 5. The first-order valence-corrected chi connectivity index (χ1v) is 8.11. The topological polar surface area (TPSA) is 50.7 Å². The van der Waals surface area contributed by atoms with E-state index < -0.39 is 0 Å². The normalized spacial score (nSPS) is 11.2. The number of hydrogen-bond donors (Lipinski definition) is 1. The highest BCUT2D eigenvalue weighted by molar-refractivity contribution is 9.10. The number of benzene rings is 2. The van der Waals surface area contributed by atoms with E-state index in [1.807, 2.05) is 38.1 Å². The first-order valence-electron chi connectivity index (χ1n) is 6.94. The summed E-state index contributed by atoms with van der Waals surface area (Å²) in [5.74, 6) is 0.300. The lowest BCUT2D eigenvalue weighted by Gasteiger charge is -2.08. The molecule has 120 valence electrons. The highest BCUT2D eigenvalue weighted by Crippen LogP contribution is 2.21. The smallest absolute Gasteiger partial charge is 0.277 e. The molecule has 0 aliphatic rings. The molecule has 2 aromatic rings. The van der Waals surface area contributed by atoms with Crippen LogP contribution in [0.25, 0.3) is 0 Å². The van der Waals surface area contributed by atoms with Gasteiger partial charge in [-0.1, -0.05) is 39.7 Å². The molecule has 0 bridgehead atoms. The first kappa shape index (κ1) is 17.5. The molecular weight excluding hydrogens is 380 g/mol. The Hall–Kier alpha value is -1.85. The van der Waals surface area contributed by atoms with Crippen LogP contribution in [0.1, 0.15) is 18.1 Å². The van der Waals surface area contributed by atoms with E-state index in [4.69, 9.17) is 16.3 Å². The van der Waals surface area contributed by atoms with Gasteiger partial charge in [-0.15, -0.1) is 0 Å². The summed E-state index contributed by atoms with van der Waals surface area (Å²) in [6.07, 6.45) is 0. The maximum absolute atomic E-state index is 11.8. The maximum atomic E-state index is 11.8. The predicted octanol–water partition coefficient (Wildman–Crippen LogP) is 4.33. The van der Waals surface area contributed by atoms with Crippen LogP contribution in [-0.4, -0.2) is 18.2 Å². The Balaban J connectivity index is 1.89. The molecule has 23 heavy (non-hydrogen) atoms. The van der Waals surface area contributed by atoms with Gasteiger partial charge in [0.25, 0.3) is 5.91 Å². The Kier molecular flexibility index (Phi) is 6.19. The molecule has 0 atom stereocenters. The molecule has 2 rings (SSSR count). The Morgan fingerprint density at radius 1 is 1.26 bits per heavy atom. The van der Waals surface area contributed by atoms with Crippen molar-refractivity contribution < 1.29 is 9.53 Å². The minimum atomic E-state index is -0.323. The molecule has 0 aliphatic heterocycles. The van der Waals surface area contributed by atoms with Crippen LogP contribution in [0.5, 0.6) is 5.75 Å². The average Bonchev–Trinajstić information content (AvgIpc) is 2.52. The van der Waals surface area contributed by atoms with E-state index in [0.29, 0.717) is 16.5 Å². The second-order valence-electron chi connectivity index (χ2n) is 4.94. The summed E-state index contributed by atoms with van der Waals surface area (Å²) >= 11 is 9.25. The summed E-state index contributed by atoms with van der Waals surface area (Å²) in [6.45, 7) is 3.59. The monoisotopic (exact) mass is 394 g/mol. The van der Waals surface area contributed by atoms with Gasteiger partial charge in [0.2, 0.25) is 0 Å². The van der Waals surface area contributed by atoms with Crippen molar-refractivity contribution in [3.05, 3.63) is 63.1 Å². The van der Waals surface area contributed by atoms with Crippen molar-refractivity contribution in [1.29, 1.82) is 0 Å². The second-order valence-corrected chi connectivity index (χ2v) is 6.29. The third kappa shape index (κ3) is 5.37. The molecule has 0 aromatic heterocycles. The fourth-order valence-electron chi connectivity index (χ4n) is 1.85. The highest BCUT2D eigenvalue weighted by atomic mass is 79.9. The van der Waals surface area contributed by atoms with E-state index >= 15 is 0 Å². The first-order chi connectivity index (χ1) is 11.0. The minimum absolute atomic E-state index is 0.112. The summed E-state index contributed by atoms with van der Waals surface area (Å²) in [5, 5.41) is 4.71. The van der Waals surface area contributed by atoms with Crippen molar-refractivity contribution in [2.45, 2.75) is 13.8 Å². The molecule has 0 saturated heterocycles. The van der Waals surface area contributed by atoms with E-state index in [0.717, 1.165) is 15.6 Å². The van der Waals surface area contributed by atoms with Crippen molar-refractivity contribution in [2.75, 3.05) is 6.61 Å². The lowest BCUT2D eigenvalue weighted by molar-refractivity contribution is -0.123. The fraction of sp³-hybridized carbons (Fsp3) is 0.176. The largest absolute Gasteiger partial charge is 0.483 e. The standard InChI is InChI=1S/C17H16BrClN2O2/c1-11-9-15(19)7-8-16(11)23-10-17(22)21-20-12(2)13-3-5-14(18)6-4-13/h3-9H,10H2,1-2H3,(H,21,22)/b20-12+. The third-order valence-electron chi connectivity index (χ3n) is 3.11. The molecule has 1 N–H and O–H groups in total. The number of carbonyl (C=O) groups is 1. The highest BCUT2D eigenvalue weighted by Gasteiger charge is 2.05. The van der Waals surface area contributed by atoms with Crippen LogP contribution in [0.15, 0.2) is 52.0 Å². The maximum Gasteiger partial charge on any atom is 0.277 e. The van der Waals surface area contributed by atoms with Gasteiger partial charge in [0, 0.05) is 9.50 Å². The molecule has 0 aliphatic carbocycles. The van der Waals surface area contributed by atoms with Crippen LogP contribution in [0.2, 0.25) is 5.02 Å². The molecule has 6 heteroatoms. The van der Waals surface area contributed by atoms with Crippen LogP contribution in [-0.2, 0) is 4.79 Å². The fourth-order valence-corrected chi connectivity index (χ4v) is 2.34. The quantitative estimate of drug-likeness (QED) is 0.605. The van der Waals surface area contributed by atoms with Crippen molar-refractivity contribution in [3.63, 3.8) is 0 Å². The zero-order valence-corrected chi connectivity index (χ0v) is 15.1. The summed E-state index contributed by atoms with van der Waals surface area (Å²) < 4.78 is 6.45. The number of aryl methyl sites for hydroxylation is 1. The van der Waals surface area contributed by atoms with Crippen LogP contribution in [0, 0.1) is 6.92 Å². The molecule has 0 saturated carbocycles. The number of hydrogen-bond acceptors (Lipinski definition) is 3. The number of carbonyl (C=O) groups excluding carboxylic acids is 1. The molecule has 0 unspecified atom stereocenters. The van der Waals surface area contributed by atoms with Gasteiger partial charge in [-0.05, 0) is 55.3 Å². The lowest BCUT2D eigenvalue weighted by atomic mass is 10.1. The van der Waals surface area contributed by atoms with Crippen molar-refractivity contribution >= 4 is 39.1 Å². The van der Waals surface area contributed by atoms with Gasteiger partial charge in [0.15, 0.2) is 6.61 Å². The molecular formula is C17H16BrClN2O2. The van der Waals surface area contributed by atoms with Crippen LogP contribution in [0.3, 0.4) is 0 Å². The average molecular weight is 396 g/mol. The summed E-state index contributed by atoms with van der Waals surface area (Å²) in [7, 11) is 0. The Bertz CT molecular complexity index is 730. The Morgan fingerprint density at radius 2 is 1.96 bits per heavy atom. The van der Waals surface area contributed by atoms with Gasteiger partial charge >= 0.3 is 0 Å². The van der Waals surface area contributed by atoms with Gasteiger partial charge in [0.05, 0.1) is 5.71 Å². The van der Waals surface area contributed by atoms with E-state index in [2.05, 4.69) is 26.5 Å². The molecule has 1 amide bonds. The van der Waals surface area contributed by atoms with E-state index in [1.165, 1.54) is 0 Å². The molecule has 0 heterocycles. The Labute approximate surface area is 148 Å². The molecule has 2 aromatic carbocycles. The van der Waals surface area contributed by atoms with Gasteiger partial charge in [0.1, 0.15) is 5.75 Å². The zero-order chi connectivity index (χ0) is 16.8. The van der Waals surface area contributed by atoms with Gasteiger partial charge in [-0.25, -0.2) is 5.43 Å². The zero-order valence-electron chi connectivity index (χ0n) is 12.8. The van der Waals surface area contributed by atoms with E-state index in [9.17, 15) is 4.79 Å². The SMILES string of the molecule is C/C(=N\NC(=O)COc1ccc(Cl)cc1C)c1ccc(Br)cc1. The van der Waals surface area contributed by atoms with Crippen LogP contribution < -0.4 is 10.2 Å². The number of hydrazone groups is 1. The van der Waals surface area contributed by atoms with Crippen LogP contribution in [0.4, 0.5) is 0 Å². The van der Waals surface area contributed by atoms with Crippen molar-refractivity contribution in [1.82, 2.24) is 5.43 Å². The van der Waals surface area contributed by atoms with E-state index in [1.54, 1.807) is 18.2 Å². The number of halogens is 2. The number of nitrogens with one attached hydrogen (secondary N) is 1. The van der Waals surface area contributed by atoms with E-state index in [-0.39, 0.29) is 12.5 Å². The number of nitrogens with zero attached hydrogens (tertiary/aromatic N) is 1. The number of ether oxygens (including phenoxy) is 1. The molecule has 4 nitrogen and oxygen atoms in total. The van der Waals surface area contributed by atoms with Crippen molar-refractivity contribution in [3.8, 4) is 5.75 Å². The van der Waals surface area contributed by atoms with Gasteiger partial charge in [-0.2, -0.15) is 5.10 Å².